The number of amides is 1. The van der Waals surface area contributed by atoms with Crippen LogP contribution in [-0.4, -0.2) is 76.3 Å². The summed E-state index contributed by atoms with van der Waals surface area (Å²) in [5, 5.41) is 24.8. The molecule has 31 heavy (non-hydrogen) atoms. The van der Waals surface area contributed by atoms with Gasteiger partial charge in [-0.15, -0.1) is 10.1 Å². The Labute approximate surface area is 180 Å². The van der Waals surface area contributed by atoms with Crippen molar-refractivity contribution in [1.82, 2.24) is 10.6 Å². The zero-order chi connectivity index (χ0) is 22.9. The largest absolute Gasteiger partial charge is 0.490 e. The fourth-order valence-corrected chi connectivity index (χ4v) is 4.22. The van der Waals surface area contributed by atoms with Crippen molar-refractivity contribution in [2.45, 2.75) is 25.4 Å². The number of nitrogens with zero attached hydrogens (tertiary/aromatic N) is 2. The van der Waals surface area contributed by atoms with Crippen LogP contribution >= 0.6 is 0 Å². The molecule has 3 N–H and O–H groups in total. The highest BCUT2D eigenvalue weighted by Gasteiger charge is 2.28. The van der Waals surface area contributed by atoms with Crippen molar-refractivity contribution in [3.63, 3.8) is 0 Å². The second-order valence-electron chi connectivity index (χ2n) is 6.97. The summed E-state index contributed by atoms with van der Waals surface area (Å²) in [6.07, 6.45) is -0.0655. The number of fused-ring (bicyclic) bond motifs is 1. The number of carbonyl (C=O) groups is 1. The summed E-state index contributed by atoms with van der Waals surface area (Å²) in [5.74, 6) is 0.320. The smallest absolute Gasteiger partial charge is 0.294 e. The SMILES string of the molecule is CN1c2cccc(OCC(O)CNCCNC(=O)CCCO[N+](=O)[O-])c2CCS1(=O)=O. The zero-order valence-electron chi connectivity index (χ0n) is 17.3. The third-order valence-electron chi connectivity index (χ3n) is 4.65. The average molecular weight is 461 g/mol. The molecular formula is C18H28N4O8S. The fourth-order valence-electron chi connectivity index (χ4n) is 3.02. The van der Waals surface area contributed by atoms with E-state index in [0.29, 0.717) is 30.9 Å². The lowest BCUT2D eigenvalue weighted by Crippen LogP contribution is -2.37. The maximum absolute atomic E-state index is 12.0. The minimum absolute atomic E-state index is 0.00938. The minimum Gasteiger partial charge on any atom is -0.490 e. The molecule has 174 valence electrons. The minimum atomic E-state index is -3.30. The molecule has 1 atom stereocenters. The van der Waals surface area contributed by atoms with E-state index in [9.17, 15) is 28.4 Å². The van der Waals surface area contributed by atoms with E-state index in [4.69, 9.17) is 4.74 Å². The van der Waals surface area contributed by atoms with Gasteiger partial charge in [-0.25, -0.2) is 8.42 Å². The van der Waals surface area contributed by atoms with Gasteiger partial charge in [0.1, 0.15) is 18.5 Å². The maximum atomic E-state index is 12.0. The van der Waals surface area contributed by atoms with E-state index in [1.165, 1.54) is 11.4 Å². The summed E-state index contributed by atoms with van der Waals surface area (Å²) in [6.45, 7) is 0.924. The fraction of sp³-hybridized carbons (Fsp3) is 0.611. The zero-order valence-corrected chi connectivity index (χ0v) is 18.1. The average Bonchev–Trinajstić information content (AvgIpc) is 2.72. The number of ether oxygens (including phenoxy) is 1. The Morgan fingerprint density at radius 1 is 1.39 bits per heavy atom. The van der Waals surface area contributed by atoms with Gasteiger partial charge in [0, 0.05) is 38.7 Å². The van der Waals surface area contributed by atoms with Crippen LogP contribution in [0.2, 0.25) is 0 Å². The predicted octanol–water partition coefficient (Wildman–Crippen LogP) is -0.557. The molecule has 1 unspecified atom stereocenters. The molecular weight excluding hydrogens is 432 g/mol. The van der Waals surface area contributed by atoms with E-state index in [-0.39, 0.29) is 44.3 Å². The molecule has 0 saturated carbocycles. The Hall–Kier alpha value is -2.64. The topological polar surface area (TPSA) is 160 Å². The molecule has 2 rings (SSSR count). The number of aliphatic hydroxyl groups is 1. The first-order chi connectivity index (χ1) is 14.7. The van der Waals surface area contributed by atoms with Gasteiger partial charge in [0.2, 0.25) is 15.9 Å². The third kappa shape index (κ3) is 7.84. The van der Waals surface area contributed by atoms with E-state index in [0.717, 1.165) is 5.56 Å². The first kappa shape index (κ1) is 24.6. The maximum Gasteiger partial charge on any atom is 0.294 e. The number of hydrogen-bond acceptors (Lipinski definition) is 9. The van der Waals surface area contributed by atoms with Gasteiger partial charge in [0.25, 0.3) is 5.09 Å². The number of aliphatic hydroxyl groups excluding tert-OH is 1. The van der Waals surface area contributed by atoms with Crippen LogP contribution < -0.4 is 19.7 Å². The number of carbonyl (C=O) groups excluding carboxylic acids is 1. The number of benzene rings is 1. The van der Waals surface area contributed by atoms with Crippen LogP contribution in [0.1, 0.15) is 18.4 Å². The van der Waals surface area contributed by atoms with Crippen LogP contribution in [0.15, 0.2) is 18.2 Å². The number of anilines is 1. The van der Waals surface area contributed by atoms with Gasteiger partial charge in [0.05, 0.1) is 18.0 Å². The summed E-state index contributed by atoms with van der Waals surface area (Å²) in [6, 6.07) is 5.18. The molecule has 0 aliphatic carbocycles. The molecule has 1 heterocycles. The molecule has 0 aromatic heterocycles. The van der Waals surface area contributed by atoms with E-state index >= 15 is 0 Å². The Morgan fingerprint density at radius 3 is 2.90 bits per heavy atom. The van der Waals surface area contributed by atoms with Crippen LogP contribution in [0, 0.1) is 10.1 Å². The van der Waals surface area contributed by atoms with Crippen molar-refractivity contribution in [2.75, 3.05) is 50.0 Å². The van der Waals surface area contributed by atoms with Crippen molar-refractivity contribution >= 4 is 21.6 Å². The first-order valence-electron chi connectivity index (χ1n) is 9.85. The van der Waals surface area contributed by atoms with Crippen molar-refractivity contribution in [1.29, 1.82) is 0 Å². The molecule has 1 aromatic rings. The first-order valence-corrected chi connectivity index (χ1v) is 11.5. The summed E-state index contributed by atoms with van der Waals surface area (Å²) in [4.78, 5) is 25.7. The van der Waals surface area contributed by atoms with Gasteiger partial charge in [-0.3, -0.25) is 9.10 Å². The van der Waals surface area contributed by atoms with Crippen molar-refractivity contribution in [3.8, 4) is 5.75 Å². The number of hydrogen-bond donors (Lipinski definition) is 3. The van der Waals surface area contributed by atoms with E-state index < -0.39 is 21.2 Å². The number of nitrogens with one attached hydrogen (secondary N) is 2. The van der Waals surface area contributed by atoms with Gasteiger partial charge in [-0.2, -0.15) is 0 Å². The highest BCUT2D eigenvalue weighted by Crippen LogP contribution is 2.34. The Morgan fingerprint density at radius 2 is 2.16 bits per heavy atom. The van der Waals surface area contributed by atoms with Crippen LogP contribution in [-0.2, 0) is 26.1 Å². The lowest BCUT2D eigenvalue weighted by Gasteiger charge is -2.28. The molecule has 12 nitrogen and oxygen atoms in total. The molecule has 0 saturated heterocycles. The van der Waals surface area contributed by atoms with Crippen LogP contribution in [0.3, 0.4) is 0 Å². The lowest BCUT2D eigenvalue weighted by molar-refractivity contribution is -0.757. The van der Waals surface area contributed by atoms with Gasteiger partial charge in [0.15, 0.2) is 0 Å². The van der Waals surface area contributed by atoms with E-state index in [1.807, 2.05) is 0 Å². The van der Waals surface area contributed by atoms with E-state index in [1.54, 1.807) is 18.2 Å². The van der Waals surface area contributed by atoms with Crippen molar-refractivity contribution in [2.24, 2.45) is 0 Å². The highest BCUT2D eigenvalue weighted by molar-refractivity contribution is 7.92. The molecule has 1 aliphatic heterocycles. The van der Waals surface area contributed by atoms with Gasteiger partial charge in [-0.05, 0) is 25.0 Å². The molecule has 1 amide bonds. The highest BCUT2D eigenvalue weighted by atomic mass is 32.2. The second kappa shape index (κ2) is 11.7. The molecule has 0 radical (unpaired) electrons. The molecule has 0 fully saturated rings. The monoisotopic (exact) mass is 460 g/mol. The van der Waals surface area contributed by atoms with Gasteiger partial charge < -0.3 is 25.3 Å². The summed E-state index contributed by atoms with van der Waals surface area (Å²) in [5.41, 5.74) is 1.38. The van der Waals surface area contributed by atoms with Crippen LogP contribution in [0.25, 0.3) is 0 Å². The number of sulfonamides is 1. The van der Waals surface area contributed by atoms with Crippen molar-refractivity contribution < 1.29 is 33.0 Å². The van der Waals surface area contributed by atoms with E-state index in [2.05, 4.69) is 15.5 Å². The molecule has 0 bridgehead atoms. The third-order valence-corrected chi connectivity index (χ3v) is 6.41. The Kier molecular flexibility index (Phi) is 9.27. The number of rotatable bonds is 13. The Balaban J connectivity index is 1.64. The molecule has 1 aromatic carbocycles. The van der Waals surface area contributed by atoms with Crippen LogP contribution in [0.4, 0.5) is 5.69 Å². The van der Waals surface area contributed by atoms with Crippen molar-refractivity contribution in [3.05, 3.63) is 33.9 Å². The normalized spacial score (nSPS) is 15.6. The predicted molar refractivity (Wildman–Crippen MR) is 112 cm³/mol. The summed E-state index contributed by atoms with van der Waals surface area (Å²) in [7, 11) is -1.79. The molecule has 0 spiro atoms. The standard InChI is InChI=1S/C18H28N4O8S/c1-21-16-4-2-5-17(15(16)7-11-31(21,27)28)29-13-14(23)12-19-8-9-20-18(24)6-3-10-30-22(25)26/h2,4-5,14,19,23H,3,6-13H2,1H3,(H,20,24). The van der Waals surface area contributed by atoms with Crippen LogP contribution in [0.5, 0.6) is 5.75 Å². The van der Waals surface area contributed by atoms with Gasteiger partial charge >= 0.3 is 0 Å². The quantitative estimate of drug-likeness (QED) is 0.199. The lowest BCUT2D eigenvalue weighted by atomic mass is 10.1. The second-order valence-corrected chi connectivity index (χ2v) is 9.09. The summed E-state index contributed by atoms with van der Waals surface area (Å²) < 4.78 is 31.0. The Bertz CT molecular complexity index is 864. The molecule has 13 heteroatoms. The molecule has 1 aliphatic rings. The summed E-state index contributed by atoms with van der Waals surface area (Å²) >= 11 is 0. The van der Waals surface area contributed by atoms with Gasteiger partial charge in [-0.1, -0.05) is 6.07 Å².